The molecule has 17 nitrogen and oxygen atoms in total. The molecule has 0 radical (unpaired) electrons. The fourth-order valence-electron chi connectivity index (χ4n) is 11.3. The van der Waals surface area contributed by atoms with Crippen LogP contribution in [-0.4, -0.2) is 96.7 Å². The molecule has 93 heavy (non-hydrogen) atoms. The van der Waals surface area contributed by atoms with Gasteiger partial charge >= 0.3 is 39.5 Å². The van der Waals surface area contributed by atoms with Gasteiger partial charge in [-0.3, -0.25) is 37.3 Å². The van der Waals surface area contributed by atoms with Gasteiger partial charge in [-0.25, -0.2) is 9.13 Å². The smallest absolute Gasteiger partial charge is 0.462 e. The van der Waals surface area contributed by atoms with Crippen LogP contribution in [0.25, 0.3) is 0 Å². The molecule has 19 heteroatoms. The molecule has 0 aromatic rings. The lowest BCUT2D eigenvalue weighted by molar-refractivity contribution is -0.161. The van der Waals surface area contributed by atoms with Crippen LogP contribution in [-0.2, 0) is 65.4 Å². The fraction of sp³-hybridized carbons (Fsp3) is 0.946. The van der Waals surface area contributed by atoms with Gasteiger partial charge in [0.25, 0.3) is 0 Å². The first-order chi connectivity index (χ1) is 44.9. The highest BCUT2D eigenvalue weighted by atomic mass is 31.2. The summed E-state index contributed by atoms with van der Waals surface area (Å²) in [6.45, 7) is 9.60. The third-order valence-electron chi connectivity index (χ3n) is 17.6. The molecule has 0 aliphatic carbocycles. The van der Waals surface area contributed by atoms with Crippen molar-refractivity contribution in [3.63, 3.8) is 0 Å². The van der Waals surface area contributed by atoms with E-state index in [-0.39, 0.29) is 25.7 Å². The van der Waals surface area contributed by atoms with E-state index in [4.69, 9.17) is 37.0 Å². The van der Waals surface area contributed by atoms with Crippen molar-refractivity contribution in [2.75, 3.05) is 39.6 Å². The Hall–Kier alpha value is -1.94. The number of aliphatic hydroxyl groups is 1. The van der Waals surface area contributed by atoms with E-state index in [2.05, 4.69) is 41.5 Å². The molecule has 552 valence electrons. The Kier molecular flexibility index (Phi) is 64.6. The van der Waals surface area contributed by atoms with Gasteiger partial charge < -0.3 is 33.8 Å². The number of rotatable bonds is 73. The number of carbonyl (C=O) groups excluding carboxylic acids is 4. The van der Waals surface area contributed by atoms with Crippen LogP contribution in [0.4, 0.5) is 0 Å². The Morgan fingerprint density at radius 3 is 0.817 bits per heavy atom. The van der Waals surface area contributed by atoms with Crippen molar-refractivity contribution >= 4 is 39.5 Å². The van der Waals surface area contributed by atoms with Crippen molar-refractivity contribution in [1.82, 2.24) is 0 Å². The van der Waals surface area contributed by atoms with Crippen LogP contribution in [0.15, 0.2) is 0 Å². The minimum Gasteiger partial charge on any atom is -0.462 e. The number of ether oxygens (including phenoxy) is 4. The van der Waals surface area contributed by atoms with Gasteiger partial charge in [0.15, 0.2) is 12.2 Å². The molecule has 0 spiro atoms. The number of hydrogen-bond donors (Lipinski definition) is 3. The van der Waals surface area contributed by atoms with Crippen LogP contribution in [0.5, 0.6) is 0 Å². The second-order valence-corrected chi connectivity index (χ2v) is 30.3. The van der Waals surface area contributed by atoms with Crippen molar-refractivity contribution in [1.29, 1.82) is 0 Å². The Labute approximate surface area is 568 Å². The molecule has 0 bridgehead atoms. The largest absolute Gasteiger partial charge is 0.472 e. The Bertz CT molecular complexity index is 1810. The average Bonchev–Trinajstić information content (AvgIpc) is 2.16. The molecule has 0 aromatic heterocycles. The lowest BCUT2D eigenvalue weighted by Crippen LogP contribution is -2.30. The summed E-state index contributed by atoms with van der Waals surface area (Å²) in [7, 11) is -9.91. The average molecular weight is 1370 g/mol. The Morgan fingerprint density at radius 1 is 0.312 bits per heavy atom. The standard InChI is InChI=1S/C74H144O17P2/c1-7-10-12-14-16-18-19-20-21-22-23-26-34-40-46-52-58-73(78)90-70(63-85-72(77)57-51-45-39-33-27-24-25-31-36-42-48-54-66(4)5)65-89-93(82,83)87-61-68(75)60-86-92(80,81)88-64-69(62-84-71(76)56-50-44-38-30-17-15-13-11-8-2)91-74(79)59-53-47-41-35-29-28-32-37-43-49-55-67(6)9-3/h66-70,75H,7-65H2,1-6H3,(H,80,81)(H,82,83)/t67?,68-,69+,70+/m0/s1. The molecule has 3 unspecified atom stereocenters. The number of phosphoric acid groups is 2. The van der Waals surface area contributed by atoms with Gasteiger partial charge in [-0.2, -0.15) is 0 Å². The molecule has 0 aliphatic rings. The number of phosphoric ester groups is 2. The van der Waals surface area contributed by atoms with Gasteiger partial charge in [0.05, 0.1) is 26.4 Å². The van der Waals surface area contributed by atoms with Gasteiger partial charge in [0.2, 0.25) is 0 Å². The molecule has 0 amide bonds. The Morgan fingerprint density at radius 2 is 0.548 bits per heavy atom. The van der Waals surface area contributed by atoms with Crippen molar-refractivity contribution in [3.8, 4) is 0 Å². The molecule has 0 rings (SSSR count). The highest BCUT2D eigenvalue weighted by molar-refractivity contribution is 7.47. The number of unbranched alkanes of at least 4 members (excludes halogenated alkanes) is 42. The van der Waals surface area contributed by atoms with Crippen LogP contribution in [0, 0.1) is 11.8 Å². The molecule has 0 aliphatic heterocycles. The quantitative estimate of drug-likeness (QED) is 0.0222. The van der Waals surface area contributed by atoms with Gasteiger partial charge in [-0.15, -0.1) is 0 Å². The summed E-state index contributed by atoms with van der Waals surface area (Å²) in [5.41, 5.74) is 0. The third kappa shape index (κ3) is 67.0. The summed E-state index contributed by atoms with van der Waals surface area (Å²) in [5, 5.41) is 10.6. The highest BCUT2D eigenvalue weighted by Gasteiger charge is 2.30. The van der Waals surface area contributed by atoms with Crippen LogP contribution >= 0.6 is 15.6 Å². The van der Waals surface area contributed by atoms with Gasteiger partial charge in [0, 0.05) is 25.7 Å². The predicted molar refractivity (Wildman–Crippen MR) is 377 cm³/mol. The van der Waals surface area contributed by atoms with E-state index in [0.717, 1.165) is 102 Å². The zero-order valence-electron chi connectivity index (χ0n) is 60.6. The van der Waals surface area contributed by atoms with Gasteiger partial charge in [-0.05, 0) is 37.5 Å². The molecule has 0 saturated heterocycles. The van der Waals surface area contributed by atoms with Crippen molar-refractivity contribution in [2.45, 2.75) is 400 Å². The number of esters is 4. The summed E-state index contributed by atoms with van der Waals surface area (Å²) < 4.78 is 68.4. The van der Waals surface area contributed by atoms with Gasteiger partial charge in [0.1, 0.15) is 19.3 Å². The van der Waals surface area contributed by atoms with Crippen molar-refractivity contribution in [3.05, 3.63) is 0 Å². The molecule has 6 atom stereocenters. The molecule has 0 fully saturated rings. The maximum Gasteiger partial charge on any atom is 0.472 e. The van der Waals surface area contributed by atoms with Crippen LogP contribution in [0.2, 0.25) is 0 Å². The molecule has 0 aromatic carbocycles. The highest BCUT2D eigenvalue weighted by Crippen LogP contribution is 2.45. The van der Waals surface area contributed by atoms with E-state index in [9.17, 15) is 43.2 Å². The molecule has 0 heterocycles. The minimum absolute atomic E-state index is 0.106. The SMILES string of the molecule is CCCCCCCCCCCCCCCCCCC(=O)O[C@H](COC(=O)CCCCCCCCCCCCCC(C)C)COP(=O)(O)OC[C@@H](O)COP(=O)(O)OC[C@@H](COC(=O)CCCCCCCCCCC)OC(=O)CCCCCCCCCCCCC(C)CC. The topological polar surface area (TPSA) is 237 Å². The second-order valence-electron chi connectivity index (χ2n) is 27.4. The molecule has 3 N–H and O–H groups in total. The maximum atomic E-state index is 13.1. The number of hydrogen-bond acceptors (Lipinski definition) is 15. The summed E-state index contributed by atoms with van der Waals surface area (Å²) in [4.78, 5) is 72.7. The van der Waals surface area contributed by atoms with E-state index in [0.29, 0.717) is 25.7 Å². The second kappa shape index (κ2) is 66.0. The van der Waals surface area contributed by atoms with Crippen molar-refractivity contribution < 1.29 is 80.2 Å². The Balaban J connectivity index is 5.24. The fourth-order valence-corrected chi connectivity index (χ4v) is 12.8. The molecular weight excluding hydrogens is 1220 g/mol. The zero-order chi connectivity index (χ0) is 68.6. The van der Waals surface area contributed by atoms with Crippen LogP contribution < -0.4 is 0 Å². The van der Waals surface area contributed by atoms with E-state index in [1.54, 1.807) is 0 Å². The van der Waals surface area contributed by atoms with E-state index in [1.807, 2.05) is 0 Å². The monoisotopic (exact) mass is 1370 g/mol. The first-order valence-corrected chi connectivity index (χ1v) is 41.5. The molecule has 0 saturated carbocycles. The number of aliphatic hydroxyl groups excluding tert-OH is 1. The maximum absolute atomic E-state index is 13.1. The minimum atomic E-state index is -4.95. The summed E-state index contributed by atoms with van der Waals surface area (Å²) in [6.07, 6.45) is 52.5. The summed E-state index contributed by atoms with van der Waals surface area (Å²) in [6, 6.07) is 0. The van der Waals surface area contributed by atoms with Crippen LogP contribution in [0.3, 0.4) is 0 Å². The number of carbonyl (C=O) groups is 4. The summed E-state index contributed by atoms with van der Waals surface area (Å²) >= 11 is 0. The van der Waals surface area contributed by atoms with E-state index in [1.165, 1.54) is 199 Å². The molecular formula is C74H144O17P2. The third-order valence-corrected chi connectivity index (χ3v) is 19.5. The van der Waals surface area contributed by atoms with Gasteiger partial charge in [-0.1, -0.05) is 330 Å². The lowest BCUT2D eigenvalue weighted by Gasteiger charge is -2.21. The summed E-state index contributed by atoms with van der Waals surface area (Å²) in [5.74, 6) is -0.544. The normalized spacial score (nSPS) is 14.3. The van der Waals surface area contributed by atoms with E-state index < -0.39 is 97.5 Å². The first kappa shape index (κ1) is 91.1. The van der Waals surface area contributed by atoms with Crippen LogP contribution in [0.1, 0.15) is 382 Å². The van der Waals surface area contributed by atoms with Crippen molar-refractivity contribution in [2.24, 2.45) is 11.8 Å². The first-order valence-electron chi connectivity index (χ1n) is 38.5. The predicted octanol–water partition coefficient (Wildman–Crippen LogP) is 21.6. The van der Waals surface area contributed by atoms with E-state index >= 15 is 0 Å². The lowest BCUT2D eigenvalue weighted by atomic mass is 9.99. The zero-order valence-corrected chi connectivity index (χ0v) is 62.3.